The van der Waals surface area contributed by atoms with E-state index in [1.807, 2.05) is 23.6 Å². The standard InChI is InChI=1S/C17H17ClN4O2S/c1-11(23)20-12-6-7-13(18)14(10-12)19-8-2-5-16-21-17(22-24-16)15-4-3-9-25-15/h3-4,6-7,9-10,19H,2,5,8H2,1H3,(H,20,23). The monoisotopic (exact) mass is 376 g/mol. The molecule has 2 heterocycles. The highest BCUT2D eigenvalue weighted by molar-refractivity contribution is 7.13. The number of amides is 1. The number of hydrogen-bond donors (Lipinski definition) is 2. The number of anilines is 2. The van der Waals surface area contributed by atoms with Gasteiger partial charge in [0, 0.05) is 25.6 Å². The molecule has 3 rings (SSSR count). The summed E-state index contributed by atoms with van der Waals surface area (Å²) in [6, 6.07) is 9.24. The maximum Gasteiger partial charge on any atom is 0.227 e. The van der Waals surface area contributed by atoms with Gasteiger partial charge in [0.15, 0.2) is 0 Å². The van der Waals surface area contributed by atoms with Crippen molar-refractivity contribution in [3.63, 3.8) is 0 Å². The third kappa shape index (κ3) is 4.80. The Morgan fingerprint density at radius 2 is 2.24 bits per heavy atom. The summed E-state index contributed by atoms with van der Waals surface area (Å²) in [6.45, 7) is 2.16. The van der Waals surface area contributed by atoms with Crippen LogP contribution in [-0.2, 0) is 11.2 Å². The molecule has 130 valence electrons. The minimum Gasteiger partial charge on any atom is -0.384 e. The van der Waals surface area contributed by atoms with Crippen LogP contribution in [0.2, 0.25) is 5.02 Å². The van der Waals surface area contributed by atoms with Crippen LogP contribution in [0.1, 0.15) is 19.2 Å². The zero-order chi connectivity index (χ0) is 17.6. The molecule has 0 aliphatic heterocycles. The van der Waals surface area contributed by atoms with Crippen LogP contribution in [0.5, 0.6) is 0 Å². The first-order chi connectivity index (χ1) is 12.1. The van der Waals surface area contributed by atoms with E-state index >= 15 is 0 Å². The van der Waals surface area contributed by atoms with Gasteiger partial charge in [0.05, 0.1) is 15.6 Å². The van der Waals surface area contributed by atoms with E-state index in [4.69, 9.17) is 16.1 Å². The highest BCUT2D eigenvalue weighted by atomic mass is 35.5. The van der Waals surface area contributed by atoms with E-state index in [0.717, 1.165) is 17.0 Å². The Morgan fingerprint density at radius 1 is 1.36 bits per heavy atom. The molecule has 0 radical (unpaired) electrons. The van der Waals surface area contributed by atoms with Gasteiger partial charge in [-0.1, -0.05) is 22.8 Å². The molecule has 2 aromatic heterocycles. The van der Waals surface area contributed by atoms with E-state index in [9.17, 15) is 4.79 Å². The second-order valence-electron chi connectivity index (χ2n) is 5.40. The van der Waals surface area contributed by atoms with Gasteiger partial charge in [-0.25, -0.2) is 0 Å². The van der Waals surface area contributed by atoms with Crippen LogP contribution >= 0.6 is 22.9 Å². The molecule has 25 heavy (non-hydrogen) atoms. The number of carbonyl (C=O) groups excluding carboxylic acids is 1. The van der Waals surface area contributed by atoms with E-state index < -0.39 is 0 Å². The molecule has 1 aromatic carbocycles. The predicted octanol–water partition coefficient (Wildman–Crippen LogP) is 4.45. The molecule has 0 atom stereocenters. The summed E-state index contributed by atoms with van der Waals surface area (Å²) in [6.07, 6.45) is 1.49. The van der Waals surface area contributed by atoms with Gasteiger partial charge in [-0.3, -0.25) is 4.79 Å². The summed E-state index contributed by atoms with van der Waals surface area (Å²) < 4.78 is 5.27. The van der Waals surface area contributed by atoms with Crippen LogP contribution in [0.3, 0.4) is 0 Å². The number of carbonyl (C=O) groups is 1. The molecule has 2 N–H and O–H groups in total. The minimum atomic E-state index is -0.119. The summed E-state index contributed by atoms with van der Waals surface area (Å²) in [5.74, 6) is 1.12. The fraction of sp³-hybridized carbons (Fsp3) is 0.235. The number of nitrogens with zero attached hydrogens (tertiary/aromatic N) is 2. The van der Waals surface area contributed by atoms with Crippen LogP contribution in [0.25, 0.3) is 10.7 Å². The molecular formula is C17H17ClN4O2S. The molecule has 6 nitrogen and oxygen atoms in total. The third-order valence-corrected chi connectivity index (χ3v) is 4.57. The summed E-state index contributed by atoms with van der Waals surface area (Å²) in [7, 11) is 0. The van der Waals surface area contributed by atoms with Gasteiger partial charge in [0.1, 0.15) is 0 Å². The number of aromatic nitrogens is 2. The van der Waals surface area contributed by atoms with Crippen molar-refractivity contribution in [3.05, 3.63) is 46.6 Å². The van der Waals surface area contributed by atoms with Crippen molar-refractivity contribution in [2.75, 3.05) is 17.2 Å². The van der Waals surface area contributed by atoms with Crippen LogP contribution < -0.4 is 10.6 Å². The Hall–Kier alpha value is -2.38. The summed E-state index contributed by atoms with van der Waals surface area (Å²) in [5, 5.41) is 12.6. The van der Waals surface area contributed by atoms with E-state index in [-0.39, 0.29) is 5.91 Å². The Bertz CT molecular complexity index is 848. The molecule has 0 spiro atoms. The average molecular weight is 377 g/mol. The lowest BCUT2D eigenvalue weighted by molar-refractivity contribution is -0.114. The second kappa shape index (κ2) is 8.13. The zero-order valence-corrected chi connectivity index (χ0v) is 15.2. The molecule has 0 unspecified atom stereocenters. The van der Waals surface area contributed by atoms with Crippen LogP contribution in [0.15, 0.2) is 40.2 Å². The van der Waals surface area contributed by atoms with Crippen molar-refractivity contribution in [2.45, 2.75) is 19.8 Å². The number of rotatable bonds is 7. The molecule has 0 saturated carbocycles. The highest BCUT2D eigenvalue weighted by Crippen LogP contribution is 2.26. The maximum atomic E-state index is 11.1. The number of benzene rings is 1. The molecule has 8 heteroatoms. The Balaban J connectivity index is 1.51. The fourth-order valence-electron chi connectivity index (χ4n) is 2.27. The van der Waals surface area contributed by atoms with Gasteiger partial charge in [0.25, 0.3) is 0 Å². The highest BCUT2D eigenvalue weighted by Gasteiger charge is 2.09. The summed E-state index contributed by atoms with van der Waals surface area (Å²) >= 11 is 7.75. The summed E-state index contributed by atoms with van der Waals surface area (Å²) in [4.78, 5) is 16.5. The lowest BCUT2D eigenvalue weighted by Crippen LogP contribution is -2.07. The molecule has 3 aromatic rings. The van der Waals surface area contributed by atoms with Gasteiger partial charge in [-0.05, 0) is 36.1 Å². The molecule has 0 fully saturated rings. The lowest BCUT2D eigenvalue weighted by Gasteiger charge is -2.10. The van der Waals surface area contributed by atoms with E-state index in [1.165, 1.54) is 6.92 Å². The first-order valence-corrected chi connectivity index (χ1v) is 9.05. The number of aryl methyl sites for hydroxylation is 1. The topological polar surface area (TPSA) is 80.0 Å². The predicted molar refractivity (Wildman–Crippen MR) is 100 cm³/mol. The number of nitrogens with one attached hydrogen (secondary N) is 2. The van der Waals surface area contributed by atoms with Gasteiger partial charge < -0.3 is 15.2 Å². The Kier molecular flexibility index (Phi) is 5.67. The van der Waals surface area contributed by atoms with Crippen molar-refractivity contribution < 1.29 is 9.32 Å². The smallest absolute Gasteiger partial charge is 0.227 e. The zero-order valence-electron chi connectivity index (χ0n) is 13.6. The second-order valence-corrected chi connectivity index (χ2v) is 6.75. The van der Waals surface area contributed by atoms with Crippen molar-refractivity contribution in [2.24, 2.45) is 0 Å². The molecule has 0 aliphatic carbocycles. The quantitative estimate of drug-likeness (QED) is 0.595. The SMILES string of the molecule is CC(=O)Nc1ccc(Cl)c(NCCCc2nc(-c3cccs3)no2)c1. The van der Waals surface area contributed by atoms with E-state index in [1.54, 1.807) is 23.5 Å². The van der Waals surface area contributed by atoms with E-state index in [0.29, 0.717) is 35.4 Å². The van der Waals surface area contributed by atoms with Gasteiger partial charge in [-0.15, -0.1) is 11.3 Å². The van der Waals surface area contributed by atoms with Crippen molar-refractivity contribution in [3.8, 4) is 10.7 Å². The third-order valence-electron chi connectivity index (χ3n) is 3.38. The number of halogens is 1. The largest absolute Gasteiger partial charge is 0.384 e. The number of thiophene rings is 1. The van der Waals surface area contributed by atoms with E-state index in [2.05, 4.69) is 20.8 Å². The van der Waals surface area contributed by atoms with Crippen molar-refractivity contribution in [1.82, 2.24) is 10.1 Å². The lowest BCUT2D eigenvalue weighted by atomic mass is 10.2. The summed E-state index contributed by atoms with van der Waals surface area (Å²) in [5.41, 5.74) is 1.48. The van der Waals surface area contributed by atoms with Crippen molar-refractivity contribution >= 4 is 40.2 Å². The van der Waals surface area contributed by atoms with Crippen LogP contribution in [-0.4, -0.2) is 22.6 Å². The molecule has 1 amide bonds. The first-order valence-electron chi connectivity index (χ1n) is 7.79. The first kappa shape index (κ1) is 17.4. The Labute approximate surface area is 154 Å². The number of hydrogen-bond acceptors (Lipinski definition) is 6. The Morgan fingerprint density at radius 3 is 3.00 bits per heavy atom. The van der Waals surface area contributed by atoms with Gasteiger partial charge in [-0.2, -0.15) is 4.98 Å². The molecule has 0 saturated heterocycles. The van der Waals surface area contributed by atoms with Crippen molar-refractivity contribution in [1.29, 1.82) is 0 Å². The fourth-order valence-corrected chi connectivity index (χ4v) is 3.10. The average Bonchev–Trinajstić information content (AvgIpc) is 3.25. The maximum absolute atomic E-state index is 11.1. The molecule has 0 bridgehead atoms. The van der Waals surface area contributed by atoms with Crippen LogP contribution in [0.4, 0.5) is 11.4 Å². The molecular weight excluding hydrogens is 360 g/mol. The minimum absolute atomic E-state index is 0.119. The normalized spacial score (nSPS) is 10.6. The molecule has 0 aliphatic rings. The van der Waals surface area contributed by atoms with Gasteiger partial charge >= 0.3 is 0 Å². The van der Waals surface area contributed by atoms with Gasteiger partial charge in [0.2, 0.25) is 17.6 Å². The van der Waals surface area contributed by atoms with Crippen LogP contribution in [0, 0.1) is 0 Å².